The molecule has 0 unspecified atom stereocenters. The SMILES string of the molecule is CCCCN(C)C(=O)c1cnc2c(F)c(F)ccc2c1. The first-order valence-corrected chi connectivity index (χ1v) is 6.53. The van der Waals surface area contributed by atoms with Crippen LogP contribution in [0.5, 0.6) is 0 Å². The predicted molar refractivity (Wildman–Crippen MR) is 73.5 cm³/mol. The molecule has 1 aromatic carbocycles. The zero-order chi connectivity index (χ0) is 14.7. The standard InChI is InChI=1S/C15H16F2N2O/c1-3-4-7-19(2)15(20)11-8-10-5-6-12(16)13(17)14(10)18-9-11/h5-6,8-9H,3-4,7H2,1-2H3. The molecule has 0 radical (unpaired) electrons. The summed E-state index contributed by atoms with van der Waals surface area (Å²) in [5, 5.41) is 0.415. The van der Waals surface area contributed by atoms with Gasteiger partial charge in [-0.15, -0.1) is 0 Å². The molecule has 1 amide bonds. The van der Waals surface area contributed by atoms with Crippen LogP contribution in [0.15, 0.2) is 24.4 Å². The van der Waals surface area contributed by atoms with Gasteiger partial charge in [0, 0.05) is 25.2 Å². The number of amides is 1. The maximum atomic E-state index is 13.5. The van der Waals surface area contributed by atoms with E-state index in [0.29, 0.717) is 17.5 Å². The minimum Gasteiger partial charge on any atom is -0.342 e. The molecule has 0 fully saturated rings. The Morgan fingerprint density at radius 3 is 2.80 bits per heavy atom. The molecule has 0 saturated heterocycles. The van der Waals surface area contributed by atoms with Crippen molar-refractivity contribution in [3.63, 3.8) is 0 Å². The highest BCUT2D eigenvalue weighted by atomic mass is 19.2. The number of unbranched alkanes of at least 4 members (excludes halogenated alkanes) is 1. The molecule has 0 spiro atoms. The van der Waals surface area contributed by atoms with Gasteiger partial charge in [0.15, 0.2) is 11.6 Å². The topological polar surface area (TPSA) is 33.2 Å². The van der Waals surface area contributed by atoms with Crippen LogP contribution in [0.2, 0.25) is 0 Å². The van der Waals surface area contributed by atoms with Crippen LogP contribution in [-0.4, -0.2) is 29.4 Å². The maximum absolute atomic E-state index is 13.5. The van der Waals surface area contributed by atoms with Gasteiger partial charge >= 0.3 is 0 Å². The third-order valence-corrected chi connectivity index (χ3v) is 3.18. The Kier molecular flexibility index (Phi) is 4.27. The third kappa shape index (κ3) is 2.76. The van der Waals surface area contributed by atoms with Gasteiger partial charge < -0.3 is 4.90 Å². The summed E-state index contributed by atoms with van der Waals surface area (Å²) in [7, 11) is 1.72. The molecular formula is C15H16F2N2O. The average Bonchev–Trinajstić information content (AvgIpc) is 2.47. The second kappa shape index (κ2) is 5.94. The van der Waals surface area contributed by atoms with Gasteiger partial charge in [0.2, 0.25) is 0 Å². The number of halogens is 2. The summed E-state index contributed by atoms with van der Waals surface area (Å²) in [5.74, 6) is -2.09. The quantitative estimate of drug-likeness (QED) is 0.859. The number of aromatic nitrogens is 1. The van der Waals surface area contributed by atoms with Gasteiger partial charge in [-0.2, -0.15) is 0 Å². The van der Waals surface area contributed by atoms with Crippen molar-refractivity contribution in [2.75, 3.05) is 13.6 Å². The number of fused-ring (bicyclic) bond motifs is 1. The van der Waals surface area contributed by atoms with Crippen molar-refractivity contribution in [1.82, 2.24) is 9.88 Å². The van der Waals surface area contributed by atoms with E-state index in [-0.39, 0.29) is 11.4 Å². The highest BCUT2D eigenvalue weighted by Gasteiger charge is 2.14. The van der Waals surface area contributed by atoms with Crippen LogP contribution in [0.3, 0.4) is 0 Å². The van der Waals surface area contributed by atoms with Crippen LogP contribution in [0.4, 0.5) is 8.78 Å². The van der Waals surface area contributed by atoms with Crippen molar-refractivity contribution in [2.45, 2.75) is 19.8 Å². The molecule has 106 valence electrons. The van der Waals surface area contributed by atoms with Gasteiger partial charge in [0.1, 0.15) is 5.52 Å². The summed E-state index contributed by atoms with van der Waals surface area (Å²) < 4.78 is 26.6. The number of hydrogen-bond acceptors (Lipinski definition) is 2. The van der Waals surface area contributed by atoms with Crippen molar-refractivity contribution in [2.24, 2.45) is 0 Å². The molecule has 1 aromatic heterocycles. The van der Waals surface area contributed by atoms with Crippen LogP contribution in [-0.2, 0) is 0 Å². The highest BCUT2D eigenvalue weighted by molar-refractivity contribution is 5.97. The van der Waals surface area contributed by atoms with Crippen molar-refractivity contribution < 1.29 is 13.6 Å². The number of hydrogen-bond donors (Lipinski definition) is 0. The predicted octanol–water partition coefficient (Wildman–Crippen LogP) is 3.39. The molecule has 0 aliphatic carbocycles. The average molecular weight is 278 g/mol. The molecule has 0 saturated carbocycles. The zero-order valence-electron chi connectivity index (χ0n) is 11.5. The Balaban J connectivity index is 2.32. The fraction of sp³-hybridized carbons (Fsp3) is 0.333. The summed E-state index contributed by atoms with van der Waals surface area (Å²) in [6, 6.07) is 3.99. The van der Waals surface area contributed by atoms with Crippen molar-refractivity contribution in [3.8, 4) is 0 Å². The van der Waals surface area contributed by atoms with E-state index in [4.69, 9.17) is 0 Å². The molecule has 2 rings (SSSR count). The fourth-order valence-corrected chi connectivity index (χ4v) is 1.98. The zero-order valence-corrected chi connectivity index (χ0v) is 11.5. The normalized spacial score (nSPS) is 10.8. The molecule has 0 bridgehead atoms. The minimum atomic E-state index is -0.985. The lowest BCUT2D eigenvalue weighted by molar-refractivity contribution is 0.0793. The second-order valence-electron chi connectivity index (χ2n) is 4.74. The number of pyridine rings is 1. The van der Waals surface area contributed by atoms with E-state index >= 15 is 0 Å². The molecular weight excluding hydrogens is 262 g/mol. The first kappa shape index (κ1) is 14.4. The molecule has 0 atom stereocenters. The largest absolute Gasteiger partial charge is 0.342 e. The van der Waals surface area contributed by atoms with Crippen LogP contribution >= 0.6 is 0 Å². The highest BCUT2D eigenvalue weighted by Crippen LogP contribution is 2.19. The monoisotopic (exact) mass is 278 g/mol. The van der Waals surface area contributed by atoms with Gasteiger partial charge in [-0.3, -0.25) is 9.78 Å². The van der Waals surface area contributed by atoms with Crippen LogP contribution in [0, 0.1) is 11.6 Å². The van der Waals surface area contributed by atoms with Crippen molar-refractivity contribution in [1.29, 1.82) is 0 Å². The van der Waals surface area contributed by atoms with Gasteiger partial charge in [-0.25, -0.2) is 8.78 Å². The van der Waals surface area contributed by atoms with Crippen LogP contribution in [0.1, 0.15) is 30.1 Å². The van der Waals surface area contributed by atoms with Gasteiger partial charge in [-0.05, 0) is 24.6 Å². The van der Waals surface area contributed by atoms with E-state index in [9.17, 15) is 13.6 Å². The fourth-order valence-electron chi connectivity index (χ4n) is 1.98. The first-order chi connectivity index (χ1) is 9.54. The number of benzene rings is 1. The van der Waals surface area contributed by atoms with Gasteiger partial charge in [0.25, 0.3) is 5.91 Å². The number of rotatable bonds is 4. The summed E-state index contributed by atoms with van der Waals surface area (Å²) in [4.78, 5) is 17.6. The summed E-state index contributed by atoms with van der Waals surface area (Å²) in [6.07, 6.45) is 3.21. The van der Waals surface area contributed by atoms with E-state index < -0.39 is 11.6 Å². The van der Waals surface area contributed by atoms with Crippen molar-refractivity contribution in [3.05, 3.63) is 41.6 Å². The van der Waals surface area contributed by atoms with Gasteiger partial charge in [-0.1, -0.05) is 13.3 Å². The number of nitrogens with zero attached hydrogens (tertiary/aromatic N) is 2. The lowest BCUT2D eigenvalue weighted by Crippen LogP contribution is -2.27. The summed E-state index contributed by atoms with van der Waals surface area (Å²) in [5.41, 5.74) is 0.319. The first-order valence-electron chi connectivity index (χ1n) is 6.53. The lowest BCUT2D eigenvalue weighted by Gasteiger charge is -2.16. The van der Waals surface area contributed by atoms with E-state index in [2.05, 4.69) is 4.98 Å². The van der Waals surface area contributed by atoms with Gasteiger partial charge in [0.05, 0.1) is 5.56 Å². The lowest BCUT2D eigenvalue weighted by atomic mass is 10.1. The Morgan fingerprint density at radius 1 is 1.35 bits per heavy atom. The van der Waals surface area contributed by atoms with Crippen LogP contribution < -0.4 is 0 Å². The molecule has 20 heavy (non-hydrogen) atoms. The molecule has 2 aromatic rings. The van der Waals surface area contributed by atoms with E-state index in [1.165, 1.54) is 18.3 Å². The Bertz CT molecular complexity index is 643. The number of carbonyl (C=O) groups is 1. The summed E-state index contributed by atoms with van der Waals surface area (Å²) >= 11 is 0. The Morgan fingerprint density at radius 2 is 2.10 bits per heavy atom. The van der Waals surface area contributed by atoms with E-state index in [1.807, 2.05) is 6.92 Å². The van der Waals surface area contributed by atoms with Crippen molar-refractivity contribution >= 4 is 16.8 Å². The molecule has 5 heteroatoms. The van der Waals surface area contributed by atoms with E-state index in [1.54, 1.807) is 11.9 Å². The maximum Gasteiger partial charge on any atom is 0.255 e. The third-order valence-electron chi connectivity index (χ3n) is 3.18. The summed E-state index contributed by atoms with van der Waals surface area (Å²) in [6.45, 7) is 2.71. The minimum absolute atomic E-state index is 0.0576. The van der Waals surface area contributed by atoms with E-state index in [0.717, 1.165) is 18.9 Å². The Labute approximate surface area is 116 Å². The Hall–Kier alpha value is -2.04. The van der Waals surface area contributed by atoms with Crippen LogP contribution in [0.25, 0.3) is 10.9 Å². The molecule has 3 nitrogen and oxygen atoms in total. The molecule has 1 heterocycles. The smallest absolute Gasteiger partial charge is 0.255 e. The number of carbonyl (C=O) groups excluding carboxylic acids is 1. The molecule has 0 aliphatic heterocycles. The molecule has 0 N–H and O–H groups in total. The second-order valence-corrected chi connectivity index (χ2v) is 4.74. The molecule has 0 aliphatic rings.